The highest BCUT2D eigenvalue weighted by atomic mass is 79.9. The lowest BCUT2D eigenvalue weighted by molar-refractivity contribution is -0.137. The molecule has 0 atom stereocenters. The number of piperidine rings is 1. The lowest BCUT2D eigenvalue weighted by Gasteiger charge is -2.33. The monoisotopic (exact) mass is 674 g/mol. The Morgan fingerprint density at radius 3 is 2.40 bits per heavy atom. The van der Waals surface area contributed by atoms with E-state index in [1.165, 1.54) is 24.3 Å². The number of aromatic nitrogens is 3. The maximum Gasteiger partial charge on any atom is 0.416 e. The number of rotatable bonds is 8. The van der Waals surface area contributed by atoms with Crippen LogP contribution in [0.4, 0.5) is 24.7 Å². The third-order valence-corrected chi connectivity index (χ3v) is 8.37. The Kier molecular flexibility index (Phi) is 9.36. The molecule has 1 aliphatic rings. The molecule has 1 fully saturated rings. The number of benzene rings is 2. The first-order valence-electron chi connectivity index (χ1n) is 13.6. The third-order valence-electron chi connectivity index (χ3n) is 7.29. The van der Waals surface area contributed by atoms with Crippen LogP contribution in [0, 0.1) is 5.92 Å². The number of hydrogen-bond donors (Lipinski definition) is 2. The molecular formula is C30H27BrClF3N6O2. The van der Waals surface area contributed by atoms with Gasteiger partial charge in [0, 0.05) is 37.7 Å². The van der Waals surface area contributed by atoms with Gasteiger partial charge in [-0.15, -0.1) is 0 Å². The summed E-state index contributed by atoms with van der Waals surface area (Å²) in [6, 6.07) is 14.8. The number of carbonyl (C=O) groups excluding carboxylic acids is 2. The summed E-state index contributed by atoms with van der Waals surface area (Å²) in [5, 5.41) is 10.0. The number of nitrogens with zero attached hydrogens (tertiary/aromatic N) is 4. The topological polar surface area (TPSA) is 92.2 Å². The first-order chi connectivity index (χ1) is 20.6. The van der Waals surface area contributed by atoms with Crippen LogP contribution in [0.5, 0.6) is 0 Å². The van der Waals surface area contributed by atoms with Gasteiger partial charge in [-0.1, -0.05) is 29.8 Å². The molecule has 0 radical (unpaired) electrons. The van der Waals surface area contributed by atoms with Gasteiger partial charge in [0.25, 0.3) is 11.8 Å². The van der Waals surface area contributed by atoms with E-state index in [1.54, 1.807) is 24.5 Å². The summed E-state index contributed by atoms with van der Waals surface area (Å²) in [7, 11) is 0. The highest BCUT2D eigenvalue weighted by molar-refractivity contribution is 9.10. The highest BCUT2D eigenvalue weighted by Crippen LogP contribution is 2.34. The van der Waals surface area contributed by atoms with E-state index in [0.29, 0.717) is 12.5 Å². The van der Waals surface area contributed by atoms with Gasteiger partial charge in [-0.3, -0.25) is 14.6 Å². The van der Waals surface area contributed by atoms with Gasteiger partial charge >= 0.3 is 6.18 Å². The van der Waals surface area contributed by atoms with Crippen molar-refractivity contribution in [1.82, 2.24) is 20.1 Å². The molecule has 4 aromatic rings. The number of pyridine rings is 1. The van der Waals surface area contributed by atoms with Gasteiger partial charge < -0.3 is 15.5 Å². The minimum Gasteiger partial charge on any atom is -0.371 e. The minimum atomic E-state index is -4.60. The van der Waals surface area contributed by atoms with E-state index in [9.17, 15) is 22.8 Å². The molecule has 2 aromatic carbocycles. The van der Waals surface area contributed by atoms with Gasteiger partial charge in [-0.05, 0) is 83.6 Å². The SMILES string of the molecule is O=C(Nc1c(Br)c(C(=O)NCCC2CCN(c3ccncc3)CC2)nn1-c1cccc(C(F)(F)F)c1)c1ccccc1Cl. The van der Waals surface area contributed by atoms with Crippen LogP contribution < -0.4 is 15.5 Å². The Hall–Kier alpha value is -3.90. The Morgan fingerprint density at radius 2 is 1.70 bits per heavy atom. The predicted octanol–water partition coefficient (Wildman–Crippen LogP) is 6.99. The number of amides is 2. The molecule has 0 saturated carbocycles. The Morgan fingerprint density at radius 1 is 0.977 bits per heavy atom. The van der Waals surface area contributed by atoms with E-state index in [2.05, 4.69) is 41.5 Å². The summed E-state index contributed by atoms with van der Waals surface area (Å²) in [6.45, 7) is 2.21. The quantitative estimate of drug-likeness (QED) is 0.210. The van der Waals surface area contributed by atoms with Crippen molar-refractivity contribution >= 4 is 50.9 Å². The fourth-order valence-electron chi connectivity index (χ4n) is 4.98. The molecule has 13 heteroatoms. The molecule has 0 spiro atoms. The van der Waals surface area contributed by atoms with Crippen molar-refractivity contribution in [2.75, 3.05) is 29.9 Å². The summed E-state index contributed by atoms with van der Waals surface area (Å²) in [4.78, 5) is 32.7. The molecular weight excluding hydrogens is 649 g/mol. The molecule has 1 saturated heterocycles. The van der Waals surface area contributed by atoms with Crippen molar-refractivity contribution < 1.29 is 22.8 Å². The van der Waals surface area contributed by atoms with Crippen LogP contribution in [0.15, 0.2) is 77.5 Å². The second-order valence-electron chi connectivity index (χ2n) is 10.1. The molecule has 1 aliphatic heterocycles. The lowest BCUT2D eigenvalue weighted by atomic mass is 9.93. The van der Waals surface area contributed by atoms with E-state index >= 15 is 0 Å². The van der Waals surface area contributed by atoms with E-state index in [-0.39, 0.29) is 32.3 Å². The van der Waals surface area contributed by atoms with Gasteiger partial charge in [0.15, 0.2) is 11.5 Å². The standard InChI is InChI=1S/C30H27BrClF3N6O2/c31-25-26(29(43)37-15-8-19-11-16-40(17-12-19)21-9-13-36-14-10-21)39-41(22-5-3-4-20(18-22)30(33,34)35)27(25)38-28(42)23-6-1-2-7-24(23)32/h1-7,9-10,13-14,18-19H,8,11-12,15-17H2,(H,37,43)(H,38,42). The molecule has 8 nitrogen and oxygen atoms in total. The van der Waals surface area contributed by atoms with Crippen LogP contribution in [-0.2, 0) is 6.18 Å². The zero-order valence-electron chi connectivity index (χ0n) is 22.7. The molecule has 0 aliphatic carbocycles. The Labute approximate surface area is 259 Å². The highest BCUT2D eigenvalue weighted by Gasteiger charge is 2.32. The third kappa shape index (κ3) is 7.19. The summed E-state index contributed by atoms with van der Waals surface area (Å²) < 4.78 is 41.7. The van der Waals surface area contributed by atoms with Crippen molar-refractivity contribution in [3.63, 3.8) is 0 Å². The molecule has 3 heterocycles. The van der Waals surface area contributed by atoms with Crippen LogP contribution in [-0.4, -0.2) is 46.2 Å². The zero-order chi connectivity index (χ0) is 30.6. The first kappa shape index (κ1) is 30.6. The van der Waals surface area contributed by atoms with Crippen LogP contribution in [0.25, 0.3) is 5.69 Å². The van der Waals surface area contributed by atoms with Crippen molar-refractivity contribution in [2.24, 2.45) is 5.92 Å². The number of anilines is 2. The van der Waals surface area contributed by atoms with Gasteiger partial charge in [-0.25, -0.2) is 4.68 Å². The Bertz CT molecular complexity index is 1610. The fraction of sp³-hybridized carbons (Fsp3) is 0.267. The maximum atomic E-state index is 13.5. The summed E-state index contributed by atoms with van der Waals surface area (Å²) in [5.41, 5.74) is 0.305. The van der Waals surface area contributed by atoms with Gasteiger partial charge in [-0.2, -0.15) is 18.3 Å². The van der Waals surface area contributed by atoms with Crippen LogP contribution in [0.3, 0.4) is 0 Å². The Balaban J connectivity index is 1.32. The van der Waals surface area contributed by atoms with Crippen molar-refractivity contribution in [3.05, 3.63) is 99.4 Å². The van der Waals surface area contributed by atoms with Crippen molar-refractivity contribution in [3.8, 4) is 5.69 Å². The van der Waals surface area contributed by atoms with Crippen LogP contribution in [0.2, 0.25) is 5.02 Å². The van der Waals surface area contributed by atoms with Crippen molar-refractivity contribution in [1.29, 1.82) is 0 Å². The number of nitrogens with one attached hydrogen (secondary N) is 2. The smallest absolute Gasteiger partial charge is 0.371 e. The van der Waals surface area contributed by atoms with Gasteiger partial charge in [0.1, 0.15) is 0 Å². The van der Waals surface area contributed by atoms with Crippen LogP contribution in [0.1, 0.15) is 45.7 Å². The summed E-state index contributed by atoms with van der Waals surface area (Å²) >= 11 is 9.53. The zero-order valence-corrected chi connectivity index (χ0v) is 25.1. The number of alkyl halides is 3. The molecule has 0 unspecified atom stereocenters. The lowest BCUT2D eigenvalue weighted by Crippen LogP contribution is -2.35. The predicted molar refractivity (Wildman–Crippen MR) is 162 cm³/mol. The fourth-order valence-corrected chi connectivity index (χ4v) is 5.73. The van der Waals surface area contributed by atoms with E-state index in [0.717, 1.165) is 54.9 Å². The summed E-state index contributed by atoms with van der Waals surface area (Å²) in [5.74, 6) is -0.739. The number of halogens is 5. The average Bonchev–Trinajstić information content (AvgIpc) is 3.33. The molecule has 43 heavy (non-hydrogen) atoms. The molecule has 2 amide bonds. The number of hydrogen-bond acceptors (Lipinski definition) is 5. The molecule has 5 rings (SSSR count). The number of carbonyl (C=O) groups is 2. The molecule has 224 valence electrons. The van der Waals surface area contributed by atoms with E-state index in [1.807, 2.05) is 12.1 Å². The largest absolute Gasteiger partial charge is 0.416 e. The van der Waals surface area contributed by atoms with Crippen LogP contribution >= 0.6 is 27.5 Å². The second-order valence-corrected chi connectivity index (χ2v) is 11.3. The average molecular weight is 676 g/mol. The van der Waals surface area contributed by atoms with Gasteiger partial charge in [0.05, 0.1) is 26.3 Å². The van der Waals surface area contributed by atoms with E-state index < -0.39 is 23.6 Å². The van der Waals surface area contributed by atoms with Crippen molar-refractivity contribution in [2.45, 2.75) is 25.4 Å². The first-order valence-corrected chi connectivity index (χ1v) is 14.7. The normalized spacial score (nSPS) is 14.0. The maximum absolute atomic E-state index is 13.5. The minimum absolute atomic E-state index is 0.00462. The molecule has 0 bridgehead atoms. The summed E-state index contributed by atoms with van der Waals surface area (Å²) in [6.07, 6.45) is 1.66. The molecule has 2 aromatic heterocycles. The van der Waals surface area contributed by atoms with Gasteiger partial charge in [0.2, 0.25) is 0 Å². The molecule has 2 N–H and O–H groups in total. The van der Waals surface area contributed by atoms with E-state index in [4.69, 9.17) is 11.6 Å². The second kappa shape index (κ2) is 13.2.